The molecule has 0 saturated heterocycles. The Kier molecular flexibility index (Phi) is 1.19. The lowest BCUT2D eigenvalue weighted by Crippen LogP contribution is -1.99. The van der Waals surface area contributed by atoms with Crippen molar-refractivity contribution in [3.8, 4) is 0 Å². The second-order valence-corrected chi connectivity index (χ2v) is 2.98. The summed E-state index contributed by atoms with van der Waals surface area (Å²) in [6, 6.07) is 4.06. The van der Waals surface area contributed by atoms with Gasteiger partial charge in [-0.2, -0.15) is 0 Å². The SMILES string of the molecule is c1ncc2ccc3c(c2n1)NCN3. The van der Waals surface area contributed by atoms with E-state index in [0.29, 0.717) is 0 Å². The molecule has 4 nitrogen and oxygen atoms in total. The second kappa shape index (κ2) is 2.32. The topological polar surface area (TPSA) is 49.8 Å². The Morgan fingerprint density at radius 1 is 1.23 bits per heavy atom. The minimum Gasteiger partial charge on any atom is -0.366 e. The minimum atomic E-state index is 0.776. The monoisotopic (exact) mass is 172 g/mol. The molecule has 2 N–H and O–H groups in total. The highest BCUT2D eigenvalue weighted by molar-refractivity contribution is 5.98. The third-order valence-corrected chi connectivity index (χ3v) is 2.22. The molecule has 0 radical (unpaired) electrons. The van der Waals surface area contributed by atoms with Gasteiger partial charge in [0.25, 0.3) is 0 Å². The van der Waals surface area contributed by atoms with Gasteiger partial charge in [-0.05, 0) is 12.1 Å². The quantitative estimate of drug-likeness (QED) is 0.631. The average Bonchev–Trinajstić information content (AvgIpc) is 2.65. The Labute approximate surface area is 75.0 Å². The summed E-state index contributed by atoms with van der Waals surface area (Å²) in [5.41, 5.74) is 3.18. The van der Waals surface area contributed by atoms with Crippen LogP contribution in [0.25, 0.3) is 10.9 Å². The number of aromatic nitrogens is 2. The molecule has 64 valence electrons. The molecule has 2 aromatic rings. The molecular weight excluding hydrogens is 164 g/mol. The first kappa shape index (κ1) is 6.65. The summed E-state index contributed by atoms with van der Waals surface area (Å²) in [5.74, 6) is 0. The number of benzene rings is 1. The lowest BCUT2D eigenvalue weighted by atomic mass is 10.2. The van der Waals surface area contributed by atoms with Crippen molar-refractivity contribution >= 4 is 22.3 Å². The number of fused-ring (bicyclic) bond motifs is 3. The van der Waals surface area contributed by atoms with Crippen molar-refractivity contribution < 1.29 is 0 Å². The Morgan fingerprint density at radius 2 is 2.23 bits per heavy atom. The van der Waals surface area contributed by atoms with Gasteiger partial charge in [0.05, 0.1) is 23.6 Å². The maximum Gasteiger partial charge on any atom is 0.116 e. The van der Waals surface area contributed by atoms with E-state index in [9.17, 15) is 0 Å². The Hall–Kier alpha value is -1.84. The summed E-state index contributed by atoms with van der Waals surface area (Å²) in [6.07, 6.45) is 3.39. The fourth-order valence-electron chi connectivity index (χ4n) is 1.61. The number of rotatable bonds is 0. The fraction of sp³-hybridized carbons (Fsp3) is 0.111. The van der Waals surface area contributed by atoms with Crippen LogP contribution >= 0.6 is 0 Å². The normalized spacial score (nSPS) is 13.5. The van der Waals surface area contributed by atoms with Gasteiger partial charge in [-0.25, -0.2) is 9.97 Å². The molecule has 0 fully saturated rings. The molecular formula is C9H8N4. The van der Waals surface area contributed by atoms with Crippen LogP contribution in [-0.4, -0.2) is 16.6 Å². The molecule has 1 aliphatic heterocycles. The van der Waals surface area contributed by atoms with Crippen molar-refractivity contribution in [2.24, 2.45) is 0 Å². The largest absolute Gasteiger partial charge is 0.366 e. The van der Waals surface area contributed by atoms with Crippen molar-refractivity contribution in [2.45, 2.75) is 0 Å². The van der Waals surface area contributed by atoms with E-state index in [2.05, 4.69) is 20.6 Å². The number of hydrogen-bond acceptors (Lipinski definition) is 4. The highest BCUT2D eigenvalue weighted by atomic mass is 15.1. The van der Waals surface area contributed by atoms with E-state index < -0.39 is 0 Å². The van der Waals surface area contributed by atoms with Crippen LogP contribution in [0.4, 0.5) is 11.4 Å². The molecule has 1 aliphatic rings. The van der Waals surface area contributed by atoms with E-state index in [4.69, 9.17) is 0 Å². The second-order valence-electron chi connectivity index (χ2n) is 2.98. The van der Waals surface area contributed by atoms with E-state index in [1.807, 2.05) is 18.3 Å². The summed E-state index contributed by atoms with van der Waals surface area (Å²) in [7, 11) is 0. The predicted octanol–water partition coefficient (Wildman–Crippen LogP) is 1.42. The van der Waals surface area contributed by atoms with Crippen molar-refractivity contribution in [2.75, 3.05) is 17.3 Å². The van der Waals surface area contributed by atoms with Crippen LogP contribution in [-0.2, 0) is 0 Å². The van der Waals surface area contributed by atoms with Crippen molar-refractivity contribution in [1.29, 1.82) is 0 Å². The number of nitrogens with one attached hydrogen (secondary N) is 2. The van der Waals surface area contributed by atoms with Gasteiger partial charge in [0, 0.05) is 11.6 Å². The summed E-state index contributed by atoms with van der Waals surface area (Å²) >= 11 is 0. The number of anilines is 2. The fourth-order valence-corrected chi connectivity index (χ4v) is 1.61. The molecule has 1 aromatic carbocycles. The van der Waals surface area contributed by atoms with E-state index in [0.717, 1.165) is 28.9 Å². The Bertz CT molecular complexity index is 466. The molecule has 0 atom stereocenters. The van der Waals surface area contributed by atoms with Gasteiger partial charge < -0.3 is 10.6 Å². The first-order valence-electron chi connectivity index (χ1n) is 4.15. The molecule has 0 bridgehead atoms. The molecule has 4 heteroatoms. The maximum absolute atomic E-state index is 4.24. The summed E-state index contributed by atoms with van der Waals surface area (Å²) in [5, 5.41) is 7.53. The lowest BCUT2D eigenvalue weighted by Gasteiger charge is -2.01. The predicted molar refractivity (Wildman–Crippen MR) is 51.7 cm³/mol. The molecule has 0 unspecified atom stereocenters. The Morgan fingerprint density at radius 3 is 3.23 bits per heavy atom. The zero-order chi connectivity index (χ0) is 8.67. The van der Waals surface area contributed by atoms with Crippen molar-refractivity contribution in [3.05, 3.63) is 24.7 Å². The number of hydrogen-bond donors (Lipinski definition) is 2. The maximum atomic E-state index is 4.24. The molecule has 0 spiro atoms. The first-order valence-corrected chi connectivity index (χ1v) is 4.15. The molecule has 2 heterocycles. The van der Waals surface area contributed by atoms with Gasteiger partial charge in [0.2, 0.25) is 0 Å². The number of nitrogens with zero attached hydrogens (tertiary/aromatic N) is 2. The third-order valence-electron chi connectivity index (χ3n) is 2.22. The van der Waals surface area contributed by atoms with Crippen LogP contribution in [0.1, 0.15) is 0 Å². The molecule has 3 rings (SSSR count). The highest BCUT2D eigenvalue weighted by Crippen LogP contribution is 2.32. The van der Waals surface area contributed by atoms with E-state index in [1.165, 1.54) is 0 Å². The smallest absolute Gasteiger partial charge is 0.116 e. The van der Waals surface area contributed by atoms with E-state index >= 15 is 0 Å². The van der Waals surface area contributed by atoms with Crippen molar-refractivity contribution in [1.82, 2.24) is 9.97 Å². The van der Waals surface area contributed by atoms with Crippen LogP contribution in [0, 0.1) is 0 Å². The third kappa shape index (κ3) is 0.853. The molecule has 1 aromatic heterocycles. The van der Waals surface area contributed by atoms with Gasteiger partial charge in [-0.1, -0.05) is 0 Å². The van der Waals surface area contributed by atoms with Gasteiger partial charge in [-0.15, -0.1) is 0 Å². The van der Waals surface area contributed by atoms with Crippen LogP contribution in [0.5, 0.6) is 0 Å². The summed E-state index contributed by atoms with van der Waals surface area (Å²) < 4.78 is 0. The molecule has 0 aliphatic carbocycles. The summed E-state index contributed by atoms with van der Waals surface area (Å²) in [6.45, 7) is 0.776. The highest BCUT2D eigenvalue weighted by Gasteiger charge is 2.12. The zero-order valence-corrected chi connectivity index (χ0v) is 6.91. The van der Waals surface area contributed by atoms with Crippen LogP contribution in [0.15, 0.2) is 24.7 Å². The van der Waals surface area contributed by atoms with Crippen LogP contribution < -0.4 is 10.6 Å². The first-order chi connectivity index (χ1) is 6.45. The molecule has 13 heavy (non-hydrogen) atoms. The molecule has 0 amide bonds. The minimum absolute atomic E-state index is 0.776. The van der Waals surface area contributed by atoms with E-state index in [1.54, 1.807) is 6.33 Å². The summed E-state index contributed by atoms with van der Waals surface area (Å²) in [4.78, 5) is 8.22. The van der Waals surface area contributed by atoms with Crippen LogP contribution in [0.2, 0.25) is 0 Å². The van der Waals surface area contributed by atoms with Gasteiger partial charge >= 0.3 is 0 Å². The van der Waals surface area contributed by atoms with Gasteiger partial charge in [0.15, 0.2) is 0 Å². The van der Waals surface area contributed by atoms with E-state index in [-0.39, 0.29) is 0 Å². The Balaban J connectivity index is 2.43. The van der Waals surface area contributed by atoms with Gasteiger partial charge in [0.1, 0.15) is 6.33 Å². The lowest BCUT2D eigenvalue weighted by molar-refractivity contribution is 1.22. The van der Waals surface area contributed by atoms with Gasteiger partial charge in [-0.3, -0.25) is 0 Å². The zero-order valence-electron chi connectivity index (χ0n) is 6.91. The van der Waals surface area contributed by atoms with Crippen LogP contribution in [0.3, 0.4) is 0 Å². The standard InChI is InChI=1S/C9H8N4/c1-2-7-9(13-5-11-7)8-6(1)3-10-4-12-8/h1-4,11,13H,5H2. The molecule has 0 saturated carbocycles. The average molecular weight is 172 g/mol. The van der Waals surface area contributed by atoms with Crippen molar-refractivity contribution in [3.63, 3.8) is 0 Å².